The molecule has 0 radical (unpaired) electrons. The number of hydrogen-bond donors (Lipinski definition) is 4. The molecule has 2 atom stereocenters. The molecule has 5 aromatic carbocycles. The third-order valence-corrected chi connectivity index (χ3v) is 12.6. The molecule has 9 rings (SSSR count). The van der Waals surface area contributed by atoms with Gasteiger partial charge < -0.3 is 25.3 Å². The molecule has 19 heteroatoms. The van der Waals surface area contributed by atoms with Crippen molar-refractivity contribution < 1.29 is 40.7 Å². The third kappa shape index (κ3) is 8.45. The van der Waals surface area contributed by atoms with Gasteiger partial charge in [0.2, 0.25) is 0 Å². The molecule has 2 amide bonds. The van der Waals surface area contributed by atoms with Gasteiger partial charge in [-0.25, -0.2) is 4.98 Å². The number of benzene rings is 5. The molecule has 10 nitrogen and oxygen atoms in total. The number of aryl methyl sites for hydroxylation is 1. The minimum atomic E-state index is -4.83. The SMILES string of the molecule is Cc1ccc2c(c1)C(NC(=O)c1ccc(C(F)(F)F)[nH]c1=O)c1ccc(-c3ccc(C(F)(F)F)c(CSc4ncc(C(=O)NC5c6ccc(Cl)cc6Oc6cccc(Cl)c65)c(=O)[nH]4)c3)cc1-2. The standard InChI is InChI=1S/C47H29Cl2F6N5O5S/c1-21-5-9-26-30-17-23(6-10-27(30)39(31(26)15-21)58-42(62)29-12-14-37(47(53,54)55)57-41(29)61)22-7-13-33(46(50,51)52)24(16-22)20-66-45-56-19-32(44(64)60-45)43(63)59-40-28-11-8-25(48)18-36(28)65-35-4-2-3-34(49)38(35)40/h2-19,39-40H,20H2,1H3,(H,57,61)(H,58,62)(H,59,63)(H,56,60,64). The smallest absolute Gasteiger partial charge is 0.431 e. The molecule has 66 heavy (non-hydrogen) atoms. The van der Waals surface area contributed by atoms with Gasteiger partial charge in [0, 0.05) is 33.1 Å². The maximum absolute atomic E-state index is 14.4. The van der Waals surface area contributed by atoms with E-state index in [9.17, 15) is 45.5 Å². The Kier molecular flexibility index (Phi) is 11.3. The Morgan fingerprint density at radius 1 is 0.712 bits per heavy atom. The van der Waals surface area contributed by atoms with Gasteiger partial charge in [0.25, 0.3) is 22.9 Å². The highest BCUT2D eigenvalue weighted by atomic mass is 35.5. The van der Waals surface area contributed by atoms with Crippen molar-refractivity contribution in [3.05, 3.63) is 196 Å². The van der Waals surface area contributed by atoms with Crippen molar-refractivity contribution in [1.29, 1.82) is 0 Å². The number of carbonyl (C=O) groups excluding carboxylic acids is 2. The number of nitrogens with one attached hydrogen (secondary N) is 4. The third-order valence-electron chi connectivity index (χ3n) is 11.1. The van der Waals surface area contributed by atoms with Crippen molar-refractivity contribution in [1.82, 2.24) is 25.6 Å². The predicted molar refractivity (Wildman–Crippen MR) is 235 cm³/mol. The summed E-state index contributed by atoms with van der Waals surface area (Å²) in [6.45, 7) is 1.83. The summed E-state index contributed by atoms with van der Waals surface area (Å²) in [5.74, 6) is -1.27. The average Bonchev–Trinajstić information content (AvgIpc) is 3.55. The lowest BCUT2D eigenvalue weighted by atomic mass is 9.94. The number of rotatable bonds is 8. The molecule has 2 unspecified atom stereocenters. The summed E-state index contributed by atoms with van der Waals surface area (Å²) in [5, 5.41) is 6.22. The van der Waals surface area contributed by atoms with E-state index < -0.39 is 64.2 Å². The van der Waals surface area contributed by atoms with Gasteiger partial charge in [-0.05, 0) is 100 Å². The van der Waals surface area contributed by atoms with Crippen molar-refractivity contribution in [2.24, 2.45) is 0 Å². The van der Waals surface area contributed by atoms with Crippen molar-refractivity contribution in [2.75, 3.05) is 0 Å². The fraction of sp³-hybridized carbons (Fsp3) is 0.128. The molecule has 0 saturated carbocycles. The minimum absolute atomic E-state index is 0.0506. The number of aromatic amines is 2. The number of carbonyl (C=O) groups is 2. The van der Waals surface area contributed by atoms with Crippen LogP contribution in [0.2, 0.25) is 10.0 Å². The Balaban J connectivity index is 0.965. The Morgan fingerprint density at radius 3 is 2.17 bits per heavy atom. The molecule has 0 spiro atoms. The normalized spacial score (nSPS) is 14.9. The van der Waals surface area contributed by atoms with Gasteiger partial charge in [0.05, 0.1) is 17.6 Å². The second-order valence-corrected chi connectivity index (χ2v) is 17.2. The Hall–Kier alpha value is -6.82. The van der Waals surface area contributed by atoms with Crippen LogP contribution in [0.25, 0.3) is 22.3 Å². The van der Waals surface area contributed by atoms with Crippen LogP contribution in [0.15, 0.2) is 124 Å². The summed E-state index contributed by atoms with van der Waals surface area (Å²) >= 11 is 13.5. The predicted octanol–water partition coefficient (Wildman–Crippen LogP) is 11.2. The second kappa shape index (κ2) is 16.9. The van der Waals surface area contributed by atoms with Crippen LogP contribution < -0.4 is 26.5 Å². The van der Waals surface area contributed by atoms with E-state index in [0.29, 0.717) is 72.1 Å². The van der Waals surface area contributed by atoms with Gasteiger partial charge in [-0.1, -0.05) is 89.1 Å². The van der Waals surface area contributed by atoms with Crippen LogP contribution in [0.5, 0.6) is 11.5 Å². The van der Waals surface area contributed by atoms with Crippen molar-refractivity contribution in [2.45, 2.75) is 42.3 Å². The summed E-state index contributed by atoms with van der Waals surface area (Å²) in [4.78, 5) is 61.2. The number of H-pyrrole nitrogens is 2. The molecule has 7 aromatic rings. The zero-order valence-corrected chi connectivity index (χ0v) is 36.0. The number of amides is 2. The Morgan fingerprint density at radius 2 is 1.42 bits per heavy atom. The van der Waals surface area contributed by atoms with E-state index >= 15 is 0 Å². The van der Waals surface area contributed by atoms with Crippen LogP contribution in [0.4, 0.5) is 26.3 Å². The van der Waals surface area contributed by atoms with Crippen LogP contribution in [-0.4, -0.2) is 26.8 Å². The van der Waals surface area contributed by atoms with E-state index in [1.54, 1.807) is 59.6 Å². The van der Waals surface area contributed by atoms with Gasteiger partial charge in [-0.2, -0.15) is 26.3 Å². The number of pyridine rings is 1. The van der Waals surface area contributed by atoms with Gasteiger partial charge in [-0.15, -0.1) is 0 Å². The van der Waals surface area contributed by atoms with Crippen LogP contribution in [-0.2, 0) is 18.1 Å². The maximum atomic E-state index is 14.4. The number of aromatic nitrogens is 3. The number of thioether (sulfide) groups is 1. The zero-order chi connectivity index (χ0) is 46.8. The lowest BCUT2D eigenvalue weighted by Gasteiger charge is -2.29. The van der Waals surface area contributed by atoms with Crippen molar-refractivity contribution in [3.8, 4) is 33.8 Å². The first-order valence-electron chi connectivity index (χ1n) is 19.7. The fourth-order valence-corrected chi connectivity index (χ4v) is 9.28. The molecule has 2 aliphatic rings. The first kappa shape index (κ1) is 44.4. The Labute approximate surface area is 383 Å². The van der Waals surface area contributed by atoms with Gasteiger partial charge in [0.15, 0.2) is 5.16 Å². The molecule has 4 N–H and O–H groups in total. The lowest BCUT2D eigenvalue weighted by molar-refractivity contribution is -0.141. The van der Waals surface area contributed by atoms with Crippen molar-refractivity contribution >= 4 is 46.8 Å². The highest BCUT2D eigenvalue weighted by Crippen LogP contribution is 2.48. The number of nitrogens with zero attached hydrogens (tertiary/aromatic N) is 1. The minimum Gasteiger partial charge on any atom is -0.456 e. The summed E-state index contributed by atoms with van der Waals surface area (Å²) in [6.07, 6.45) is -8.54. The first-order valence-corrected chi connectivity index (χ1v) is 21.4. The fourth-order valence-electron chi connectivity index (χ4n) is 8.02. The number of fused-ring (bicyclic) bond motifs is 5. The molecule has 1 aliphatic carbocycles. The van der Waals surface area contributed by atoms with Crippen molar-refractivity contribution in [3.63, 3.8) is 0 Å². The molecule has 0 saturated heterocycles. The topological polar surface area (TPSA) is 146 Å². The zero-order valence-electron chi connectivity index (χ0n) is 33.7. The molecule has 0 bridgehead atoms. The lowest BCUT2D eigenvalue weighted by Crippen LogP contribution is -2.35. The average molecular weight is 961 g/mol. The highest BCUT2D eigenvalue weighted by Gasteiger charge is 2.36. The summed E-state index contributed by atoms with van der Waals surface area (Å²) in [6, 6.07) is 23.8. The molecule has 3 heterocycles. The van der Waals surface area contributed by atoms with Gasteiger partial charge >= 0.3 is 12.4 Å². The maximum Gasteiger partial charge on any atom is 0.431 e. The number of alkyl halides is 6. The Bertz CT molecular complexity index is 3280. The highest BCUT2D eigenvalue weighted by molar-refractivity contribution is 7.98. The molecule has 334 valence electrons. The van der Waals surface area contributed by atoms with Crippen LogP contribution in [0.1, 0.15) is 77.4 Å². The van der Waals surface area contributed by atoms with E-state index in [1.807, 2.05) is 25.1 Å². The van der Waals surface area contributed by atoms with E-state index in [1.165, 1.54) is 12.1 Å². The first-order chi connectivity index (χ1) is 31.3. The van der Waals surface area contributed by atoms with E-state index in [0.717, 1.165) is 35.7 Å². The molecule has 0 fully saturated rings. The van der Waals surface area contributed by atoms with Gasteiger partial charge in [-0.3, -0.25) is 19.2 Å². The van der Waals surface area contributed by atoms with Crippen LogP contribution >= 0.6 is 35.0 Å². The number of halogens is 8. The van der Waals surface area contributed by atoms with Crippen LogP contribution in [0.3, 0.4) is 0 Å². The molecule has 1 aliphatic heterocycles. The quantitative estimate of drug-likeness (QED) is 0.0674. The van der Waals surface area contributed by atoms with E-state index in [-0.39, 0.29) is 22.0 Å². The van der Waals surface area contributed by atoms with Gasteiger partial charge in [0.1, 0.15) is 28.3 Å². The molecular weight excluding hydrogens is 932 g/mol. The van der Waals surface area contributed by atoms with Crippen LogP contribution in [0, 0.1) is 6.92 Å². The molecule has 2 aromatic heterocycles. The summed E-state index contributed by atoms with van der Waals surface area (Å²) < 4.78 is 88.8. The van der Waals surface area contributed by atoms with E-state index in [2.05, 4.69) is 20.6 Å². The second-order valence-electron chi connectivity index (χ2n) is 15.3. The molecular formula is C47H29Cl2F6N5O5S. The summed E-state index contributed by atoms with van der Waals surface area (Å²) in [5.41, 5.74) is -0.0278. The monoisotopic (exact) mass is 959 g/mol. The summed E-state index contributed by atoms with van der Waals surface area (Å²) in [7, 11) is 0. The largest absolute Gasteiger partial charge is 0.456 e. The van der Waals surface area contributed by atoms with E-state index in [4.69, 9.17) is 27.9 Å². The number of ether oxygens (including phenoxy) is 1. The number of hydrogen-bond acceptors (Lipinski definition) is 7.